The monoisotopic (exact) mass is 389 g/mol. The molecular weight excluding hydrogens is 368 g/mol. The molecule has 2 aromatic carbocycles. The number of rotatable bonds is 6. The van der Waals surface area contributed by atoms with E-state index in [-0.39, 0.29) is 11.6 Å². The van der Waals surface area contributed by atoms with E-state index < -0.39 is 16.6 Å². The van der Waals surface area contributed by atoms with E-state index in [9.17, 15) is 8.78 Å². The number of halogens is 2. The summed E-state index contributed by atoms with van der Waals surface area (Å²) in [6, 6.07) is 12.8. The van der Waals surface area contributed by atoms with Gasteiger partial charge in [-0.2, -0.15) is 5.10 Å². The molecule has 0 unspecified atom stereocenters. The molecule has 0 aliphatic heterocycles. The van der Waals surface area contributed by atoms with Gasteiger partial charge in [0.05, 0.1) is 6.17 Å². The third kappa shape index (κ3) is 4.14. The van der Waals surface area contributed by atoms with Crippen LogP contribution in [0.4, 0.5) is 8.78 Å². The van der Waals surface area contributed by atoms with Gasteiger partial charge in [-0.15, -0.1) is 0 Å². The fraction of sp³-hybridized carbons (Fsp3) is 0.222. The molecule has 0 aliphatic carbocycles. The summed E-state index contributed by atoms with van der Waals surface area (Å²) < 4.78 is 35.6. The van der Waals surface area contributed by atoms with Gasteiger partial charge in [0.1, 0.15) is 24.3 Å². The summed E-state index contributed by atoms with van der Waals surface area (Å²) in [6.45, 7) is 6.34. The smallest absolute Gasteiger partial charge is 0.267 e. The van der Waals surface area contributed by atoms with Gasteiger partial charge in [0, 0.05) is 0 Å². The van der Waals surface area contributed by atoms with Crippen molar-refractivity contribution in [2.75, 3.05) is 0 Å². The first-order valence-electron chi connectivity index (χ1n) is 8.33. The van der Waals surface area contributed by atoms with Crippen molar-refractivity contribution < 1.29 is 12.9 Å². The highest BCUT2D eigenvalue weighted by molar-refractivity contribution is 7.01. The Hall–Kier alpha value is -2.17. The van der Waals surface area contributed by atoms with Gasteiger partial charge >= 0.3 is 0 Å². The molecule has 8 heteroatoms. The molecule has 3 rings (SSSR count). The lowest BCUT2D eigenvalue weighted by molar-refractivity contribution is 0.535. The van der Waals surface area contributed by atoms with Crippen LogP contribution in [0.2, 0.25) is 19.6 Å². The molecule has 1 heterocycles. The van der Waals surface area contributed by atoms with Crippen LogP contribution >= 0.6 is 0 Å². The van der Waals surface area contributed by atoms with E-state index in [2.05, 4.69) is 29.7 Å². The minimum absolute atomic E-state index is 0.301. The zero-order chi connectivity index (χ0) is 18.8. The molecule has 0 saturated carbocycles. The van der Waals surface area contributed by atoms with Crippen molar-refractivity contribution >= 4 is 27.0 Å². The molecule has 0 radical (unpaired) electrons. The van der Waals surface area contributed by atoms with Gasteiger partial charge in [-0.3, -0.25) is 4.68 Å². The predicted octanol–water partition coefficient (Wildman–Crippen LogP) is 2.71. The fourth-order valence-electron chi connectivity index (χ4n) is 3.00. The Bertz CT molecular complexity index is 802. The lowest BCUT2D eigenvalue weighted by Gasteiger charge is -2.38. The Morgan fingerprint density at radius 1 is 0.885 bits per heavy atom. The first-order valence-corrected chi connectivity index (χ1v) is 13.9. The van der Waals surface area contributed by atoms with Gasteiger partial charge in [-0.05, 0) is 54.3 Å². The van der Waals surface area contributed by atoms with Crippen molar-refractivity contribution in [3.8, 4) is 0 Å². The van der Waals surface area contributed by atoms with Crippen LogP contribution < -0.4 is 10.4 Å². The number of hydrogen-bond acceptors (Lipinski definition) is 3. The number of aromatic nitrogens is 3. The molecular formula is C18H21F2N3OSi2. The lowest BCUT2D eigenvalue weighted by atomic mass is 10.3. The van der Waals surface area contributed by atoms with Gasteiger partial charge in [-0.25, -0.2) is 13.8 Å². The molecule has 0 amide bonds. The summed E-state index contributed by atoms with van der Waals surface area (Å²) in [6.07, 6.45) is 3.60. The largest absolute Gasteiger partial charge is 0.448 e. The van der Waals surface area contributed by atoms with E-state index in [4.69, 9.17) is 4.12 Å². The Kier molecular flexibility index (Phi) is 5.17. The Labute approximate surface area is 153 Å². The summed E-state index contributed by atoms with van der Waals surface area (Å²) in [5.74, 6) is -0.603. The summed E-state index contributed by atoms with van der Waals surface area (Å²) in [4.78, 5) is 4.03. The van der Waals surface area contributed by atoms with E-state index in [0.717, 1.165) is 10.4 Å². The van der Waals surface area contributed by atoms with Crippen LogP contribution in [0.5, 0.6) is 0 Å². The van der Waals surface area contributed by atoms with Gasteiger partial charge in [0.2, 0.25) is 0 Å². The maximum Gasteiger partial charge on any atom is 0.267 e. The molecule has 0 N–H and O–H groups in total. The van der Waals surface area contributed by atoms with Crippen molar-refractivity contribution in [2.24, 2.45) is 0 Å². The lowest BCUT2D eigenvalue weighted by Crippen LogP contribution is -2.67. The van der Waals surface area contributed by atoms with Crippen LogP contribution in [0.15, 0.2) is 61.2 Å². The number of hydrogen-bond donors (Lipinski definition) is 0. The molecule has 0 bridgehead atoms. The molecule has 0 spiro atoms. The molecule has 0 aliphatic rings. The molecule has 0 atom stereocenters. The Morgan fingerprint density at radius 2 is 1.38 bits per heavy atom. The average molecular weight is 390 g/mol. The fourth-order valence-corrected chi connectivity index (χ4v) is 11.1. The van der Waals surface area contributed by atoms with E-state index in [0.29, 0.717) is 6.17 Å². The summed E-state index contributed by atoms with van der Waals surface area (Å²) in [7, 11) is -4.85. The summed E-state index contributed by atoms with van der Waals surface area (Å²) in [5, 5.41) is 6.08. The highest BCUT2D eigenvalue weighted by Crippen LogP contribution is 2.18. The maximum absolute atomic E-state index is 13.6. The number of nitrogens with zero attached hydrogens (tertiary/aromatic N) is 3. The van der Waals surface area contributed by atoms with Gasteiger partial charge < -0.3 is 4.12 Å². The molecule has 1 aromatic heterocycles. The highest BCUT2D eigenvalue weighted by atomic mass is 28.4. The van der Waals surface area contributed by atoms with Gasteiger partial charge in [0.15, 0.2) is 8.32 Å². The van der Waals surface area contributed by atoms with Crippen LogP contribution in [0.3, 0.4) is 0 Å². The predicted molar refractivity (Wildman–Crippen MR) is 102 cm³/mol. The van der Waals surface area contributed by atoms with E-state index in [1.54, 1.807) is 35.3 Å². The quantitative estimate of drug-likeness (QED) is 0.609. The van der Waals surface area contributed by atoms with Crippen LogP contribution in [0, 0.1) is 11.6 Å². The molecule has 0 saturated heterocycles. The molecule has 4 nitrogen and oxygen atoms in total. The maximum atomic E-state index is 13.6. The second-order valence-corrected chi connectivity index (χ2v) is 15.3. The normalized spacial score (nSPS) is 12.3. The van der Waals surface area contributed by atoms with Crippen LogP contribution in [0.25, 0.3) is 0 Å². The van der Waals surface area contributed by atoms with Crippen LogP contribution in [-0.4, -0.2) is 31.4 Å². The Morgan fingerprint density at radius 3 is 1.77 bits per heavy atom. The third-order valence-corrected chi connectivity index (χ3v) is 11.1. The van der Waals surface area contributed by atoms with E-state index in [1.165, 1.54) is 30.6 Å². The van der Waals surface area contributed by atoms with Crippen LogP contribution in [-0.2, 0) is 10.3 Å². The van der Waals surface area contributed by atoms with Crippen molar-refractivity contribution in [3.63, 3.8) is 0 Å². The summed E-state index contributed by atoms with van der Waals surface area (Å²) >= 11 is 0. The standard InChI is InChI=1S/C18H21F2N3OSi2/c1-25(2,3)24-26(14-23-13-21-12-22-23,17-8-4-15(19)5-9-17)18-10-6-16(20)7-11-18/h4-13H,14H2,1-3H3. The second-order valence-electron chi connectivity index (χ2n) is 7.15. The number of benzene rings is 2. The first-order chi connectivity index (χ1) is 12.3. The van der Waals surface area contributed by atoms with Gasteiger partial charge in [0.25, 0.3) is 8.32 Å². The van der Waals surface area contributed by atoms with Crippen molar-refractivity contribution in [2.45, 2.75) is 25.8 Å². The van der Waals surface area contributed by atoms with Crippen LogP contribution in [0.1, 0.15) is 0 Å². The van der Waals surface area contributed by atoms with Crippen molar-refractivity contribution in [1.82, 2.24) is 14.8 Å². The molecule has 26 heavy (non-hydrogen) atoms. The SMILES string of the molecule is C[Si](C)(C)O[Si](Cn1cncn1)(c1ccc(F)cc1)c1ccc(F)cc1. The Balaban J connectivity index is 2.21. The summed E-state index contributed by atoms with van der Waals surface area (Å²) in [5.41, 5.74) is 0. The zero-order valence-corrected chi connectivity index (χ0v) is 17.0. The third-order valence-electron chi connectivity index (χ3n) is 3.95. The van der Waals surface area contributed by atoms with Crippen molar-refractivity contribution in [1.29, 1.82) is 0 Å². The average Bonchev–Trinajstić information content (AvgIpc) is 3.07. The minimum atomic E-state index is -2.84. The van der Waals surface area contributed by atoms with Gasteiger partial charge in [-0.1, -0.05) is 24.3 Å². The molecule has 3 aromatic rings. The highest BCUT2D eigenvalue weighted by Gasteiger charge is 2.44. The topological polar surface area (TPSA) is 39.9 Å². The molecule has 0 fully saturated rings. The van der Waals surface area contributed by atoms with E-state index >= 15 is 0 Å². The second kappa shape index (κ2) is 7.22. The first kappa shape index (κ1) is 18.6. The minimum Gasteiger partial charge on any atom is -0.448 e. The zero-order valence-electron chi connectivity index (χ0n) is 15.0. The molecule has 136 valence electrons. The van der Waals surface area contributed by atoms with Crippen molar-refractivity contribution in [3.05, 3.63) is 72.8 Å². The van der Waals surface area contributed by atoms with E-state index in [1.807, 2.05) is 0 Å².